The summed E-state index contributed by atoms with van der Waals surface area (Å²) in [6, 6.07) is 18.1. The number of ether oxygens (including phenoxy) is 1. The van der Waals surface area contributed by atoms with E-state index in [0.29, 0.717) is 25.5 Å². The van der Waals surface area contributed by atoms with E-state index in [1.165, 1.54) is 12.8 Å². The Morgan fingerprint density at radius 1 is 1.12 bits per heavy atom. The quantitative estimate of drug-likeness (QED) is 0.758. The molecule has 0 aromatic heterocycles. The molecule has 2 aromatic carbocycles. The van der Waals surface area contributed by atoms with Crippen LogP contribution < -0.4 is 15.8 Å². The second-order valence-corrected chi connectivity index (χ2v) is 6.27. The van der Waals surface area contributed by atoms with E-state index in [9.17, 15) is 4.79 Å². The predicted molar refractivity (Wildman–Crippen MR) is 103 cm³/mol. The summed E-state index contributed by atoms with van der Waals surface area (Å²) in [6.45, 7) is 0.915. The standard InChI is InChI=1S/C20H24N2O2.ClH/c21-18(16-10-11-16)14-22-20(23)12-13-24-19-9-5-4-8-17(19)15-6-2-1-3-7-15;/h1-9,16,18H,10-14,21H2,(H,22,23);1H. The van der Waals surface area contributed by atoms with E-state index in [0.717, 1.165) is 16.9 Å². The van der Waals surface area contributed by atoms with Crippen molar-refractivity contribution < 1.29 is 9.53 Å². The van der Waals surface area contributed by atoms with Gasteiger partial charge in [-0.3, -0.25) is 4.79 Å². The first kappa shape index (κ1) is 19.3. The van der Waals surface area contributed by atoms with Crippen LogP contribution in [0.5, 0.6) is 5.75 Å². The maximum atomic E-state index is 11.9. The third-order valence-electron chi connectivity index (χ3n) is 4.32. The Hall–Kier alpha value is -2.04. The molecular weight excluding hydrogens is 336 g/mol. The van der Waals surface area contributed by atoms with Crippen molar-refractivity contribution in [2.24, 2.45) is 11.7 Å². The first-order chi connectivity index (χ1) is 11.7. The van der Waals surface area contributed by atoms with Crippen LogP contribution in [0.1, 0.15) is 19.3 Å². The van der Waals surface area contributed by atoms with E-state index in [4.69, 9.17) is 10.5 Å². The van der Waals surface area contributed by atoms with Gasteiger partial charge in [-0.1, -0.05) is 48.5 Å². The van der Waals surface area contributed by atoms with Crippen LogP contribution in [0.4, 0.5) is 0 Å². The summed E-state index contributed by atoms with van der Waals surface area (Å²) in [7, 11) is 0. The smallest absolute Gasteiger partial charge is 0.223 e. The molecule has 0 bridgehead atoms. The first-order valence-electron chi connectivity index (χ1n) is 8.53. The molecule has 5 heteroatoms. The number of hydrogen-bond donors (Lipinski definition) is 2. The fraction of sp³-hybridized carbons (Fsp3) is 0.350. The number of para-hydroxylation sites is 1. The van der Waals surface area contributed by atoms with Crippen molar-refractivity contribution in [3.05, 3.63) is 54.6 Å². The molecule has 1 amide bonds. The molecule has 1 unspecified atom stereocenters. The van der Waals surface area contributed by atoms with E-state index in [-0.39, 0.29) is 24.4 Å². The number of nitrogens with one attached hydrogen (secondary N) is 1. The highest BCUT2D eigenvalue weighted by Crippen LogP contribution is 2.31. The summed E-state index contributed by atoms with van der Waals surface area (Å²) in [6.07, 6.45) is 2.72. The highest BCUT2D eigenvalue weighted by molar-refractivity contribution is 5.85. The highest BCUT2D eigenvalue weighted by atomic mass is 35.5. The summed E-state index contributed by atoms with van der Waals surface area (Å²) < 4.78 is 5.84. The van der Waals surface area contributed by atoms with Crippen molar-refractivity contribution in [1.82, 2.24) is 5.32 Å². The average Bonchev–Trinajstić information content (AvgIpc) is 3.46. The summed E-state index contributed by atoms with van der Waals surface area (Å²) in [5, 5.41) is 2.89. The number of rotatable bonds is 8. The molecule has 2 aromatic rings. The van der Waals surface area contributed by atoms with Gasteiger partial charge in [-0.2, -0.15) is 0 Å². The van der Waals surface area contributed by atoms with Gasteiger partial charge in [-0.25, -0.2) is 0 Å². The minimum Gasteiger partial charge on any atom is -0.492 e. The molecule has 1 fully saturated rings. The van der Waals surface area contributed by atoms with Crippen LogP contribution >= 0.6 is 12.4 Å². The predicted octanol–water partition coefficient (Wildman–Crippen LogP) is 3.40. The zero-order chi connectivity index (χ0) is 16.8. The van der Waals surface area contributed by atoms with Crippen molar-refractivity contribution in [1.29, 1.82) is 0 Å². The Balaban J connectivity index is 0.00000225. The van der Waals surface area contributed by atoms with Crippen LogP contribution in [0.3, 0.4) is 0 Å². The molecule has 0 saturated heterocycles. The van der Waals surface area contributed by atoms with E-state index in [2.05, 4.69) is 5.32 Å². The lowest BCUT2D eigenvalue weighted by molar-refractivity contribution is -0.121. The monoisotopic (exact) mass is 360 g/mol. The Kier molecular flexibility index (Phi) is 7.29. The lowest BCUT2D eigenvalue weighted by Gasteiger charge is -2.13. The third kappa shape index (κ3) is 5.76. The number of benzene rings is 2. The second-order valence-electron chi connectivity index (χ2n) is 6.27. The topological polar surface area (TPSA) is 64.3 Å². The minimum absolute atomic E-state index is 0. The van der Waals surface area contributed by atoms with Crippen molar-refractivity contribution in [3.8, 4) is 16.9 Å². The van der Waals surface area contributed by atoms with Crippen LogP contribution in [0.2, 0.25) is 0 Å². The van der Waals surface area contributed by atoms with Crippen molar-refractivity contribution >= 4 is 18.3 Å². The summed E-state index contributed by atoms with van der Waals surface area (Å²) in [4.78, 5) is 11.9. The molecule has 3 rings (SSSR count). The van der Waals surface area contributed by atoms with Gasteiger partial charge in [-0.05, 0) is 30.4 Å². The Labute approximate surface area is 155 Å². The number of carbonyl (C=O) groups excluding carboxylic acids is 1. The minimum atomic E-state index is -0.0108. The molecule has 1 aliphatic carbocycles. The summed E-state index contributed by atoms with van der Waals surface area (Å²) >= 11 is 0. The van der Waals surface area contributed by atoms with Crippen molar-refractivity contribution in [3.63, 3.8) is 0 Å². The number of amides is 1. The van der Waals surface area contributed by atoms with E-state index >= 15 is 0 Å². The lowest BCUT2D eigenvalue weighted by Crippen LogP contribution is -2.38. The number of carbonyl (C=O) groups is 1. The summed E-state index contributed by atoms with van der Waals surface area (Å²) in [5.74, 6) is 1.38. The lowest BCUT2D eigenvalue weighted by atomic mass is 10.1. The maximum absolute atomic E-state index is 11.9. The SMILES string of the molecule is Cl.NC(CNC(=O)CCOc1ccccc1-c1ccccc1)C1CC1. The van der Waals surface area contributed by atoms with Crippen LogP contribution in [-0.4, -0.2) is 25.1 Å². The molecule has 1 aliphatic rings. The van der Waals surface area contributed by atoms with Gasteiger partial charge in [0, 0.05) is 18.2 Å². The van der Waals surface area contributed by atoms with Crippen LogP contribution in [0.25, 0.3) is 11.1 Å². The molecule has 25 heavy (non-hydrogen) atoms. The van der Waals surface area contributed by atoms with Crippen LogP contribution in [0.15, 0.2) is 54.6 Å². The zero-order valence-corrected chi connectivity index (χ0v) is 15.0. The molecule has 4 nitrogen and oxygen atoms in total. The van der Waals surface area contributed by atoms with Crippen molar-refractivity contribution in [2.75, 3.05) is 13.2 Å². The fourth-order valence-corrected chi connectivity index (χ4v) is 2.71. The van der Waals surface area contributed by atoms with Gasteiger partial charge < -0.3 is 15.8 Å². The van der Waals surface area contributed by atoms with Gasteiger partial charge in [0.25, 0.3) is 0 Å². The Morgan fingerprint density at radius 3 is 2.52 bits per heavy atom. The van der Waals surface area contributed by atoms with Gasteiger partial charge in [0.15, 0.2) is 0 Å². The number of halogens is 1. The molecule has 0 heterocycles. The number of nitrogens with two attached hydrogens (primary N) is 1. The molecule has 3 N–H and O–H groups in total. The van der Waals surface area contributed by atoms with Gasteiger partial charge in [0.1, 0.15) is 5.75 Å². The first-order valence-corrected chi connectivity index (χ1v) is 8.53. The van der Waals surface area contributed by atoms with Gasteiger partial charge >= 0.3 is 0 Å². The maximum Gasteiger partial charge on any atom is 0.223 e. The zero-order valence-electron chi connectivity index (χ0n) is 14.2. The molecule has 0 spiro atoms. The van der Waals surface area contributed by atoms with E-state index in [1.54, 1.807) is 0 Å². The van der Waals surface area contributed by atoms with E-state index in [1.807, 2.05) is 54.6 Å². The van der Waals surface area contributed by atoms with Gasteiger partial charge in [-0.15, -0.1) is 12.4 Å². The fourth-order valence-electron chi connectivity index (χ4n) is 2.71. The van der Waals surface area contributed by atoms with E-state index < -0.39 is 0 Å². The van der Waals surface area contributed by atoms with Gasteiger partial charge in [0.2, 0.25) is 5.91 Å². The average molecular weight is 361 g/mol. The van der Waals surface area contributed by atoms with Crippen LogP contribution in [-0.2, 0) is 4.79 Å². The summed E-state index contributed by atoms with van der Waals surface area (Å²) in [5.41, 5.74) is 8.13. The molecule has 1 saturated carbocycles. The van der Waals surface area contributed by atoms with Crippen molar-refractivity contribution in [2.45, 2.75) is 25.3 Å². The largest absolute Gasteiger partial charge is 0.492 e. The normalized spacial score (nSPS) is 14.3. The van der Waals surface area contributed by atoms with Crippen LogP contribution in [0, 0.1) is 5.92 Å². The highest BCUT2D eigenvalue weighted by Gasteiger charge is 2.28. The Bertz CT molecular complexity index is 674. The Morgan fingerprint density at radius 2 is 1.80 bits per heavy atom. The molecular formula is C20H25ClN2O2. The number of hydrogen-bond acceptors (Lipinski definition) is 3. The molecule has 1 atom stereocenters. The second kappa shape index (κ2) is 9.44. The molecule has 0 aliphatic heterocycles. The third-order valence-corrected chi connectivity index (χ3v) is 4.32. The van der Waals surface area contributed by atoms with Gasteiger partial charge in [0.05, 0.1) is 13.0 Å². The molecule has 0 radical (unpaired) electrons. The molecule has 134 valence electrons.